The molecule has 0 aliphatic carbocycles. The smallest absolute Gasteiger partial charge is 0.0464 e. The number of hydrogen-bond acceptors (Lipinski definition) is 1. The molecule has 0 rings (SSSR count). The third kappa shape index (κ3) is 3.50. The van der Waals surface area contributed by atoms with Crippen LogP contribution >= 0.6 is 0 Å². The molecule has 0 aromatic rings. The van der Waals surface area contributed by atoms with Gasteiger partial charge in [-0.2, -0.15) is 0 Å². The molecule has 0 aromatic heterocycles. The van der Waals surface area contributed by atoms with Crippen molar-refractivity contribution in [2.75, 3.05) is 0 Å². The van der Waals surface area contributed by atoms with Crippen molar-refractivity contribution < 1.29 is 0 Å². The van der Waals surface area contributed by atoms with Crippen LogP contribution in [0, 0.1) is 0 Å². The van der Waals surface area contributed by atoms with E-state index in [4.69, 9.17) is 0 Å². The molecule has 0 amide bonds. The Morgan fingerprint density at radius 2 is 2.29 bits per heavy atom. The van der Waals surface area contributed by atoms with Crippen LogP contribution < -0.4 is 0 Å². The Hall–Kier alpha value is -0.330. The van der Waals surface area contributed by atoms with E-state index in [2.05, 4.69) is 25.6 Å². The van der Waals surface area contributed by atoms with Crippen molar-refractivity contribution in [1.82, 2.24) is 0 Å². The quantitative estimate of drug-likeness (QED) is 0.479. The van der Waals surface area contributed by atoms with Gasteiger partial charge in [-0.05, 0) is 20.1 Å². The van der Waals surface area contributed by atoms with Gasteiger partial charge in [0.1, 0.15) is 0 Å². The number of hydrogen-bond donors (Lipinski definition) is 0. The lowest BCUT2D eigenvalue weighted by Gasteiger charge is -1.98. The Morgan fingerprint density at radius 3 is 2.43 bits per heavy atom. The topological polar surface area (TPSA) is 12.4 Å². The second-order valence-electron chi connectivity index (χ2n) is 1.82. The molecular weight excluding hydrogens is 86.1 g/mol. The fourth-order valence-electron chi connectivity index (χ4n) is 0.509. The summed E-state index contributed by atoms with van der Waals surface area (Å²) >= 11 is 0. The Bertz CT molecular complexity index is 50.1. The zero-order chi connectivity index (χ0) is 5.70. The maximum Gasteiger partial charge on any atom is 0.0464 e. The van der Waals surface area contributed by atoms with Crippen LogP contribution in [0.5, 0.6) is 0 Å². The number of nitrogens with zero attached hydrogens (tertiary/aromatic N) is 1. The van der Waals surface area contributed by atoms with E-state index in [0.29, 0.717) is 6.04 Å². The SMILES string of the molecule is C=NC(C)CCC. The molecule has 0 bridgehead atoms. The van der Waals surface area contributed by atoms with E-state index >= 15 is 0 Å². The van der Waals surface area contributed by atoms with Gasteiger partial charge in [-0.15, -0.1) is 0 Å². The van der Waals surface area contributed by atoms with E-state index in [9.17, 15) is 0 Å². The summed E-state index contributed by atoms with van der Waals surface area (Å²) in [6, 6.07) is 0.463. The van der Waals surface area contributed by atoms with Gasteiger partial charge in [0.15, 0.2) is 0 Å². The van der Waals surface area contributed by atoms with Gasteiger partial charge < -0.3 is 0 Å². The number of rotatable bonds is 3. The fourth-order valence-corrected chi connectivity index (χ4v) is 0.509. The van der Waals surface area contributed by atoms with Crippen LogP contribution in [-0.4, -0.2) is 12.8 Å². The van der Waals surface area contributed by atoms with Gasteiger partial charge >= 0.3 is 0 Å². The van der Waals surface area contributed by atoms with Gasteiger partial charge in [0.05, 0.1) is 0 Å². The summed E-state index contributed by atoms with van der Waals surface area (Å²) in [5, 5.41) is 0. The molecule has 0 aromatic carbocycles. The molecule has 0 saturated carbocycles. The van der Waals surface area contributed by atoms with Crippen LogP contribution in [0.25, 0.3) is 0 Å². The maximum atomic E-state index is 3.83. The highest BCUT2D eigenvalue weighted by Crippen LogP contribution is 1.96. The first-order valence-electron chi connectivity index (χ1n) is 2.77. The van der Waals surface area contributed by atoms with Crippen molar-refractivity contribution in [1.29, 1.82) is 0 Å². The van der Waals surface area contributed by atoms with Gasteiger partial charge in [0.25, 0.3) is 0 Å². The van der Waals surface area contributed by atoms with E-state index in [0.717, 1.165) is 0 Å². The van der Waals surface area contributed by atoms with Crippen LogP contribution in [0.2, 0.25) is 0 Å². The summed E-state index contributed by atoms with van der Waals surface area (Å²) in [6.07, 6.45) is 2.38. The Morgan fingerprint density at radius 1 is 1.71 bits per heavy atom. The van der Waals surface area contributed by atoms with Crippen LogP contribution in [0.4, 0.5) is 0 Å². The van der Waals surface area contributed by atoms with E-state index in [-0.39, 0.29) is 0 Å². The third-order valence-corrected chi connectivity index (χ3v) is 1.02. The van der Waals surface area contributed by atoms with Crippen molar-refractivity contribution >= 4 is 6.72 Å². The zero-order valence-corrected chi connectivity index (χ0v) is 5.15. The fraction of sp³-hybridized carbons (Fsp3) is 0.833. The van der Waals surface area contributed by atoms with Crippen molar-refractivity contribution in [3.8, 4) is 0 Å². The van der Waals surface area contributed by atoms with Crippen LogP contribution in [0.15, 0.2) is 4.99 Å². The van der Waals surface area contributed by atoms with Gasteiger partial charge in [-0.3, -0.25) is 4.99 Å². The van der Waals surface area contributed by atoms with E-state index < -0.39 is 0 Å². The Balaban J connectivity index is 2.98. The van der Waals surface area contributed by atoms with Crippen molar-refractivity contribution in [3.05, 3.63) is 0 Å². The molecule has 1 atom stereocenters. The standard InChI is InChI=1S/C6H13N/c1-4-5-6(2)7-3/h6H,3-5H2,1-2H3. The summed E-state index contributed by atoms with van der Waals surface area (Å²) in [7, 11) is 0. The van der Waals surface area contributed by atoms with E-state index in [1.807, 2.05) is 0 Å². The monoisotopic (exact) mass is 99.1 g/mol. The van der Waals surface area contributed by atoms with Crippen molar-refractivity contribution in [3.63, 3.8) is 0 Å². The Kier molecular flexibility index (Phi) is 3.67. The largest absolute Gasteiger partial charge is 0.298 e. The van der Waals surface area contributed by atoms with E-state index in [1.54, 1.807) is 0 Å². The molecule has 0 saturated heterocycles. The van der Waals surface area contributed by atoms with E-state index in [1.165, 1.54) is 12.8 Å². The molecule has 1 heteroatoms. The molecule has 0 N–H and O–H groups in total. The van der Waals surface area contributed by atoms with Gasteiger partial charge in [-0.25, -0.2) is 0 Å². The maximum absolute atomic E-state index is 3.83. The lowest BCUT2D eigenvalue weighted by Crippen LogP contribution is -1.93. The van der Waals surface area contributed by atoms with Crippen LogP contribution in [0.3, 0.4) is 0 Å². The third-order valence-electron chi connectivity index (χ3n) is 1.02. The molecule has 0 heterocycles. The Labute approximate surface area is 45.5 Å². The summed E-state index contributed by atoms with van der Waals surface area (Å²) < 4.78 is 0. The predicted octanol–water partition coefficient (Wildman–Crippen LogP) is 1.88. The molecule has 42 valence electrons. The average molecular weight is 99.2 g/mol. The molecule has 0 fully saturated rings. The van der Waals surface area contributed by atoms with Crippen molar-refractivity contribution in [2.24, 2.45) is 4.99 Å². The van der Waals surface area contributed by atoms with Gasteiger partial charge in [0, 0.05) is 6.04 Å². The summed E-state index contributed by atoms with van der Waals surface area (Å²) in [6.45, 7) is 7.66. The minimum Gasteiger partial charge on any atom is -0.298 e. The second kappa shape index (κ2) is 3.85. The molecule has 0 aliphatic heterocycles. The van der Waals surface area contributed by atoms with Crippen LogP contribution in [0.1, 0.15) is 26.7 Å². The normalized spacial score (nSPS) is 13.4. The molecular formula is C6H13N. The second-order valence-corrected chi connectivity index (χ2v) is 1.82. The van der Waals surface area contributed by atoms with Crippen molar-refractivity contribution in [2.45, 2.75) is 32.7 Å². The van der Waals surface area contributed by atoms with Gasteiger partial charge in [-0.1, -0.05) is 13.3 Å². The lowest BCUT2D eigenvalue weighted by molar-refractivity contribution is 0.659. The lowest BCUT2D eigenvalue weighted by atomic mass is 10.2. The first-order chi connectivity index (χ1) is 3.31. The molecule has 1 nitrogen and oxygen atoms in total. The number of aliphatic imine (C=N–C) groups is 1. The van der Waals surface area contributed by atoms with Gasteiger partial charge in [0.2, 0.25) is 0 Å². The summed E-state index contributed by atoms with van der Waals surface area (Å²) in [5.74, 6) is 0. The molecule has 1 unspecified atom stereocenters. The molecule has 0 spiro atoms. The molecule has 0 radical (unpaired) electrons. The highest BCUT2D eigenvalue weighted by atomic mass is 14.7. The molecule has 0 aliphatic rings. The first-order valence-corrected chi connectivity index (χ1v) is 2.77. The van der Waals surface area contributed by atoms with Crippen LogP contribution in [-0.2, 0) is 0 Å². The predicted molar refractivity (Wildman–Crippen MR) is 33.9 cm³/mol. The minimum absolute atomic E-state index is 0.463. The summed E-state index contributed by atoms with van der Waals surface area (Å²) in [5.41, 5.74) is 0. The average Bonchev–Trinajstić information content (AvgIpc) is 1.68. The summed E-state index contributed by atoms with van der Waals surface area (Å²) in [4.78, 5) is 3.83. The zero-order valence-electron chi connectivity index (χ0n) is 5.15. The highest BCUT2D eigenvalue weighted by molar-refractivity contribution is 5.23. The first kappa shape index (κ1) is 6.67. The molecule has 7 heavy (non-hydrogen) atoms. The minimum atomic E-state index is 0.463. The highest BCUT2D eigenvalue weighted by Gasteiger charge is 1.90.